The van der Waals surface area contributed by atoms with Crippen LogP contribution in [0.25, 0.3) is 0 Å². The SMILES string of the molecule is CCOOCC1CO1.[NaH]. The van der Waals surface area contributed by atoms with Crippen molar-refractivity contribution in [2.75, 3.05) is 19.8 Å². The van der Waals surface area contributed by atoms with Gasteiger partial charge in [-0.15, -0.1) is 0 Å². The molecule has 50 valence electrons. The maximum atomic E-state index is 4.85. The van der Waals surface area contributed by atoms with Crippen LogP contribution >= 0.6 is 0 Å². The first-order valence-electron chi connectivity index (χ1n) is 2.79. The number of epoxide rings is 1. The van der Waals surface area contributed by atoms with Crippen LogP contribution in [0.15, 0.2) is 0 Å². The van der Waals surface area contributed by atoms with Crippen LogP contribution in [0.1, 0.15) is 6.92 Å². The van der Waals surface area contributed by atoms with Gasteiger partial charge < -0.3 is 4.74 Å². The van der Waals surface area contributed by atoms with Crippen LogP contribution in [0, 0.1) is 0 Å². The fourth-order valence-electron chi connectivity index (χ4n) is 0.372. The van der Waals surface area contributed by atoms with Crippen molar-refractivity contribution >= 4 is 29.6 Å². The molecule has 1 aliphatic heterocycles. The van der Waals surface area contributed by atoms with Crippen molar-refractivity contribution in [1.82, 2.24) is 0 Å². The third-order valence-electron chi connectivity index (χ3n) is 0.857. The minimum atomic E-state index is 0. The van der Waals surface area contributed by atoms with Gasteiger partial charge in [-0.3, -0.25) is 0 Å². The van der Waals surface area contributed by atoms with Crippen molar-refractivity contribution in [2.45, 2.75) is 13.0 Å². The van der Waals surface area contributed by atoms with E-state index in [9.17, 15) is 0 Å². The average molecular weight is 142 g/mol. The number of rotatable bonds is 4. The Hall–Kier alpha value is 0.880. The Morgan fingerprint density at radius 3 is 2.67 bits per heavy atom. The number of hydrogen-bond acceptors (Lipinski definition) is 3. The van der Waals surface area contributed by atoms with E-state index in [1.165, 1.54) is 0 Å². The van der Waals surface area contributed by atoms with Crippen LogP contribution in [0.3, 0.4) is 0 Å². The topological polar surface area (TPSA) is 31.0 Å². The zero-order chi connectivity index (χ0) is 5.82. The fourth-order valence-corrected chi connectivity index (χ4v) is 0.372. The fraction of sp³-hybridized carbons (Fsp3) is 1.00. The van der Waals surface area contributed by atoms with E-state index in [0.29, 0.717) is 19.3 Å². The van der Waals surface area contributed by atoms with Gasteiger partial charge in [0.1, 0.15) is 12.7 Å². The molecule has 0 aromatic carbocycles. The zero-order valence-corrected chi connectivity index (χ0v) is 4.92. The maximum absolute atomic E-state index is 4.85. The molecule has 1 unspecified atom stereocenters. The summed E-state index contributed by atoms with van der Waals surface area (Å²) in [6.45, 7) is 3.89. The predicted octanol–water partition coefficient (Wildman–Crippen LogP) is -0.295. The Labute approximate surface area is 76.9 Å². The monoisotopic (exact) mass is 142 g/mol. The number of hydrogen-bond donors (Lipinski definition) is 0. The van der Waals surface area contributed by atoms with Gasteiger partial charge in [0.2, 0.25) is 0 Å². The van der Waals surface area contributed by atoms with E-state index in [0.717, 1.165) is 6.61 Å². The van der Waals surface area contributed by atoms with Gasteiger partial charge in [-0.25, -0.2) is 9.78 Å². The molecule has 1 fully saturated rings. The molecule has 1 heterocycles. The van der Waals surface area contributed by atoms with Crippen molar-refractivity contribution in [3.05, 3.63) is 0 Å². The van der Waals surface area contributed by atoms with Crippen LogP contribution < -0.4 is 0 Å². The molecule has 0 saturated carbocycles. The van der Waals surface area contributed by atoms with E-state index in [2.05, 4.69) is 9.78 Å². The van der Waals surface area contributed by atoms with E-state index in [1.807, 2.05) is 6.92 Å². The first kappa shape index (κ1) is 9.88. The molecule has 1 rings (SSSR count). The molecule has 9 heavy (non-hydrogen) atoms. The summed E-state index contributed by atoms with van der Waals surface area (Å²) in [6.07, 6.45) is 0.307. The molecule has 0 aromatic heterocycles. The molecule has 0 bridgehead atoms. The molecule has 0 radical (unpaired) electrons. The summed E-state index contributed by atoms with van der Waals surface area (Å²) in [7, 11) is 0. The first-order chi connectivity index (χ1) is 3.93. The second-order valence-electron chi connectivity index (χ2n) is 1.65. The van der Waals surface area contributed by atoms with Crippen molar-refractivity contribution in [1.29, 1.82) is 0 Å². The van der Waals surface area contributed by atoms with Gasteiger partial charge in [0, 0.05) is 0 Å². The van der Waals surface area contributed by atoms with Crippen molar-refractivity contribution in [3.8, 4) is 0 Å². The van der Waals surface area contributed by atoms with Gasteiger partial charge in [-0.2, -0.15) is 0 Å². The molecule has 0 amide bonds. The molecule has 1 saturated heterocycles. The van der Waals surface area contributed by atoms with E-state index in [4.69, 9.17) is 4.74 Å². The molecule has 0 N–H and O–H groups in total. The van der Waals surface area contributed by atoms with Gasteiger partial charge in [-0.1, -0.05) is 0 Å². The van der Waals surface area contributed by atoms with E-state index in [-0.39, 0.29) is 29.6 Å². The van der Waals surface area contributed by atoms with Crippen molar-refractivity contribution in [3.63, 3.8) is 0 Å². The molecule has 4 heteroatoms. The van der Waals surface area contributed by atoms with Crippen LogP contribution in [0.5, 0.6) is 0 Å². The Morgan fingerprint density at radius 2 is 2.22 bits per heavy atom. The van der Waals surface area contributed by atoms with E-state index in [1.54, 1.807) is 0 Å². The zero-order valence-electron chi connectivity index (χ0n) is 4.92. The molecule has 1 atom stereocenters. The molecule has 0 spiro atoms. The summed E-state index contributed by atoms with van der Waals surface area (Å²) < 4.78 is 4.85. The van der Waals surface area contributed by atoms with Crippen LogP contribution in [-0.4, -0.2) is 55.5 Å². The third kappa shape index (κ3) is 5.33. The van der Waals surface area contributed by atoms with E-state index >= 15 is 0 Å². The summed E-state index contributed by atoms with van der Waals surface area (Å²) in [5.74, 6) is 0. The van der Waals surface area contributed by atoms with Gasteiger partial charge in [-0.05, 0) is 6.92 Å². The third-order valence-corrected chi connectivity index (χ3v) is 0.857. The Morgan fingerprint density at radius 1 is 1.56 bits per heavy atom. The standard InChI is InChI=1S/C5H10O3.Na.H/c1-2-7-8-4-5-3-6-5;;/h5H,2-4H2,1H3;;. The van der Waals surface area contributed by atoms with Crippen LogP contribution in [0.2, 0.25) is 0 Å². The number of ether oxygens (including phenoxy) is 1. The van der Waals surface area contributed by atoms with E-state index < -0.39 is 0 Å². The first-order valence-corrected chi connectivity index (χ1v) is 2.79. The van der Waals surface area contributed by atoms with Crippen LogP contribution in [0.4, 0.5) is 0 Å². The molecule has 3 nitrogen and oxygen atoms in total. The van der Waals surface area contributed by atoms with Crippen LogP contribution in [-0.2, 0) is 14.5 Å². The van der Waals surface area contributed by atoms with Crippen molar-refractivity contribution < 1.29 is 14.5 Å². The molecular weight excluding hydrogens is 131 g/mol. The molecular formula is C5H11NaO3. The van der Waals surface area contributed by atoms with Gasteiger partial charge in [0.25, 0.3) is 0 Å². The molecule has 0 aromatic rings. The Balaban J connectivity index is 0.000000640. The normalized spacial score (nSPS) is 23.0. The summed E-state index contributed by atoms with van der Waals surface area (Å²) in [6, 6.07) is 0. The quantitative estimate of drug-likeness (QED) is 0.177. The van der Waals surface area contributed by atoms with Gasteiger partial charge >= 0.3 is 29.6 Å². The summed E-state index contributed by atoms with van der Waals surface area (Å²) in [5, 5.41) is 0. The summed E-state index contributed by atoms with van der Waals surface area (Å²) in [5.41, 5.74) is 0. The van der Waals surface area contributed by atoms with Gasteiger partial charge in [0.15, 0.2) is 0 Å². The Bertz CT molecular complexity index is 65.2. The second kappa shape index (κ2) is 5.65. The second-order valence-corrected chi connectivity index (χ2v) is 1.65. The predicted molar refractivity (Wildman–Crippen MR) is 34.5 cm³/mol. The van der Waals surface area contributed by atoms with Crippen molar-refractivity contribution in [2.24, 2.45) is 0 Å². The average Bonchev–Trinajstić information content (AvgIpc) is 2.51. The summed E-state index contributed by atoms with van der Waals surface area (Å²) >= 11 is 0. The minimum absolute atomic E-state index is 0. The molecule has 0 aliphatic carbocycles. The summed E-state index contributed by atoms with van der Waals surface area (Å²) in [4.78, 5) is 9.29. The Kier molecular flexibility index (Phi) is 6.20. The van der Waals surface area contributed by atoms with Gasteiger partial charge in [0.05, 0.1) is 13.2 Å². The molecule has 1 aliphatic rings.